The topological polar surface area (TPSA) is 167 Å². The fourth-order valence-electron chi connectivity index (χ4n) is 4.98. The number of likely N-dealkylation sites (N-methyl/N-ethyl adjacent to an activating group) is 1. The number of thioether (sulfide) groups is 1. The molecule has 5 N–H and O–H groups in total. The second-order valence-corrected chi connectivity index (χ2v) is 11.3. The molecule has 0 saturated carbocycles. The van der Waals surface area contributed by atoms with Crippen molar-refractivity contribution < 1.29 is 33.9 Å². The number of anilines is 1. The normalized spacial score (nSPS) is 28.2. The van der Waals surface area contributed by atoms with Crippen LogP contribution in [0.3, 0.4) is 0 Å². The molecule has 0 bridgehead atoms. The number of allylic oxidation sites excluding steroid dienone is 1. The van der Waals surface area contributed by atoms with Gasteiger partial charge in [-0.25, -0.2) is 9.78 Å². The molecule has 4 heterocycles. The summed E-state index contributed by atoms with van der Waals surface area (Å²) in [4.78, 5) is 48.1. The van der Waals surface area contributed by atoms with E-state index in [1.54, 1.807) is 11.5 Å². The number of aliphatic hydroxyl groups is 1. The Kier molecular flexibility index (Phi) is 8.21. The Morgan fingerprint density at radius 2 is 2.22 bits per heavy atom. The van der Waals surface area contributed by atoms with E-state index in [4.69, 9.17) is 10.6 Å². The summed E-state index contributed by atoms with van der Waals surface area (Å²) in [5, 5.41) is 27.3. The molecule has 4 atom stereocenters. The van der Waals surface area contributed by atoms with E-state index in [0.717, 1.165) is 37.1 Å². The molecule has 0 radical (unpaired) electrons. The van der Waals surface area contributed by atoms with Crippen LogP contribution in [-0.4, -0.2) is 105 Å². The van der Waals surface area contributed by atoms with Gasteiger partial charge in [0.2, 0.25) is 0 Å². The third-order valence-corrected chi connectivity index (χ3v) is 9.02. The zero-order valence-electron chi connectivity index (χ0n) is 20.6. The maximum atomic E-state index is 13.0. The number of nitrogens with two attached hydrogens (primary N) is 1. The number of carbonyl (C=O) groups is 3. The van der Waals surface area contributed by atoms with Crippen LogP contribution in [-0.2, 0) is 19.2 Å². The van der Waals surface area contributed by atoms with Crippen LogP contribution in [0.5, 0.6) is 0 Å². The maximum absolute atomic E-state index is 13.0. The molecular weight excluding hydrogens is 520 g/mol. The standard InChI is InChI=1S/C23H30N6O6S2/c1-29(8-4-3-7-14(29)10-30)9-5-6-13-11-36-21-17(20(32)28(21)18(13)22(33)34)26-19(31)16(27-35-2)15-12-37-23(24)25-15/h5-6,12,14,17,21,30H,3-4,7-11H2,1-2H3,(H3-,24,25,26,31,33,34)/p+1/b6-5+,27-16-/t14?,17-,21-,29?/m1/s1. The van der Waals surface area contributed by atoms with Crippen molar-refractivity contribution in [2.75, 3.05) is 45.3 Å². The van der Waals surface area contributed by atoms with Crippen molar-refractivity contribution in [3.63, 3.8) is 0 Å². The molecule has 2 saturated heterocycles. The highest BCUT2D eigenvalue weighted by atomic mass is 32.2. The van der Waals surface area contributed by atoms with E-state index in [1.807, 2.05) is 6.08 Å². The van der Waals surface area contributed by atoms with Crippen LogP contribution < -0.4 is 11.1 Å². The van der Waals surface area contributed by atoms with E-state index < -0.39 is 29.2 Å². The van der Waals surface area contributed by atoms with Crippen LogP contribution in [0.4, 0.5) is 5.13 Å². The number of carboxylic acid groups (broad SMARTS) is 1. The number of carboxylic acids is 1. The number of aliphatic carboxylic acids is 1. The first-order valence-corrected chi connectivity index (χ1v) is 13.8. The number of fused-ring (bicyclic) bond motifs is 1. The third-order valence-electron chi connectivity index (χ3n) is 7.04. The Morgan fingerprint density at radius 1 is 1.43 bits per heavy atom. The van der Waals surface area contributed by atoms with Gasteiger partial charge in [0.25, 0.3) is 11.8 Å². The molecule has 1 aromatic rings. The molecule has 2 fully saturated rings. The summed E-state index contributed by atoms with van der Waals surface area (Å²) in [7, 11) is 3.39. The molecule has 14 heteroatoms. The van der Waals surface area contributed by atoms with Gasteiger partial charge in [0.15, 0.2) is 10.8 Å². The molecule has 4 rings (SSSR count). The van der Waals surface area contributed by atoms with E-state index in [9.17, 15) is 24.6 Å². The minimum absolute atomic E-state index is 0.0754. The summed E-state index contributed by atoms with van der Waals surface area (Å²) < 4.78 is 0.700. The number of likely N-dealkylation sites (tertiary alicyclic amines) is 1. The monoisotopic (exact) mass is 551 g/mol. The molecule has 0 aliphatic carbocycles. The van der Waals surface area contributed by atoms with Crippen LogP contribution in [0.1, 0.15) is 25.0 Å². The molecule has 200 valence electrons. The van der Waals surface area contributed by atoms with Gasteiger partial charge in [0.1, 0.15) is 36.0 Å². The largest absolute Gasteiger partial charge is 0.477 e. The number of carbonyl (C=O) groups excluding carboxylic acids is 2. The number of amides is 2. The van der Waals surface area contributed by atoms with Crippen molar-refractivity contribution >= 4 is 51.7 Å². The van der Waals surface area contributed by atoms with Crippen LogP contribution in [0.2, 0.25) is 0 Å². The number of oxime groups is 1. The van der Waals surface area contributed by atoms with Gasteiger partial charge in [-0.05, 0) is 24.5 Å². The fourth-order valence-corrected chi connectivity index (χ4v) is 6.85. The van der Waals surface area contributed by atoms with E-state index in [2.05, 4.69) is 22.5 Å². The van der Waals surface area contributed by atoms with Crippen molar-refractivity contribution in [2.24, 2.45) is 5.16 Å². The van der Waals surface area contributed by atoms with E-state index in [-0.39, 0.29) is 34.9 Å². The molecule has 2 unspecified atom stereocenters. The SMILES string of the molecule is CO/N=C(\C(=O)N[C@@H]1C(=O)N2C(C(=O)O)=C(/C=C/C[N+]3(C)CCCCC3CO)CS[C@H]12)c1csc(N)n1. The predicted octanol–water partition coefficient (Wildman–Crippen LogP) is 0.362. The van der Waals surface area contributed by atoms with Gasteiger partial charge < -0.3 is 30.6 Å². The number of aliphatic hydroxyl groups excluding tert-OH is 1. The lowest BCUT2D eigenvalue weighted by Crippen LogP contribution is -2.71. The Hall–Kier alpha value is -2.94. The number of rotatable bonds is 9. The number of quaternary nitrogens is 1. The smallest absolute Gasteiger partial charge is 0.352 e. The molecule has 12 nitrogen and oxygen atoms in total. The van der Waals surface area contributed by atoms with Gasteiger partial charge in [0.05, 0.1) is 26.7 Å². The molecule has 0 spiro atoms. The first kappa shape index (κ1) is 27.1. The minimum atomic E-state index is -1.20. The number of nitrogens with zero attached hydrogens (tertiary/aromatic N) is 4. The zero-order chi connectivity index (χ0) is 26.7. The van der Waals surface area contributed by atoms with Gasteiger partial charge in [-0.3, -0.25) is 14.5 Å². The molecule has 3 aliphatic heterocycles. The van der Waals surface area contributed by atoms with Crippen molar-refractivity contribution in [2.45, 2.75) is 36.7 Å². The van der Waals surface area contributed by atoms with Crippen molar-refractivity contribution in [1.82, 2.24) is 15.2 Å². The van der Waals surface area contributed by atoms with Crippen LogP contribution in [0.25, 0.3) is 0 Å². The zero-order valence-corrected chi connectivity index (χ0v) is 22.3. The first-order valence-electron chi connectivity index (χ1n) is 11.9. The molecule has 1 aromatic heterocycles. The van der Waals surface area contributed by atoms with Crippen molar-refractivity contribution in [3.8, 4) is 0 Å². The number of thiazole rings is 1. The molecule has 3 aliphatic rings. The number of aromatic nitrogens is 1. The van der Waals surface area contributed by atoms with Gasteiger partial charge in [-0.1, -0.05) is 11.2 Å². The van der Waals surface area contributed by atoms with Crippen LogP contribution >= 0.6 is 23.1 Å². The van der Waals surface area contributed by atoms with Crippen LogP contribution in [0.15, 0.2) is 34.0 Å². The highest BCUT2D eigenvalue weighted by Crippen LogP contribution is 2.40. The Balaban J connectivity index is 1.48. The van der Waals surface area contributed by atoms with Gasteiger partial charge in [-0.2, -0.15) is 0 Å². The average molecular weight is 552 g/mol. The van der Waals surface area contributed by atoms with Gasteiger partial charge in [-0.15, -0.1) is 23.1 Å². The van der Waals surface area contributed by atoms with Gasteiger partial charge in [0, 0.05) is 17.6 Å². The fraction of sp³-hybridized carbons (Fsp3) is 0.522. The molecule has 37 heavy (non-hydrogen) atoms. The molecular formula is C23H31N6O6S2+. The predicted molar refractivity (Wildman–Crippen MR) is 140 cm³/mol. The van der Waals surface area contributed by atoms with Crippen molar-refractivity contribution in [1.29, 1.82) is 0 Å². The summed E-state index contributed by atoms with van der Waals surface area (Å²) in [6.45, 7) is 1.73. The maximum Gasteiger partial charge on any atom is 0.352 e. The number of hydrogen-bond acceptors (Lipinski definition) is 10. The van der Waals surface area contributed by atoms with Gasteiger partial charge >= 0.3 is 5.97 Å². The first-order chi connectivity index (χ1) is 17.7. The highest BCUT2D eigenvalue weighted by molar-refractivity contribution is 8.00. The second kappa shape index (κ2) is 11.2. The minimum Gasteiger partial charge on any atom is -0.477 e. The number of hydrogen-bond donors (Lipinski definition) is 4. The van der Waals surface area contributed by atoms with E-state index in [0.29, 0.717) is 22.4 Å². The second-order valence-electron chi connectivity index (χ2n) is 9.35. The lowest BCUT2D eigenvalue weighted by Gasteiger charge is -2.49. The summed E-state index contributed by atoms with van der Waals surface area (Å²) in [6.07, 6.45) is 6.85. The Morgan fingerprint density at radius 3 is 2.86 bits per heavy atom. The number of nitrogens with one attached hydrogen (secondary N) is 1. The van der Waals surface area contributed by atoms with E-state index >= 15 is 0 Å². The number of piperidine rings is 1. The Bertz CT molecular complexity index is 1170. The number of nitrogen functional groups attached to an aromatic ring is 1. The molecule has 2 amide bonds. The summed E-state index contributed by atoms with van der Waals surface area (Å²) in [5.74, 6) is -2.02. The van der Waals surface area contributed by atoms with Crippen molar-refractivity contribution in [3.05, 3.63) is 34.5 Å². The summed E-state index contributed by atoms with van der Waals surface area (Å²) in [5.41, 5.74) is 6.20. The lowest BCUT2D eigenvalue weighted by atomic mass is 9.99. The summed E-state index contributed by atoms with van der Waals surface area (Å²) in [6, 6.07) is -0.761. The highest BCUT2D eigenvalue weighted by Gasteiger charge is 2.54. The van der Waals surface area contributed by atoms with Crippen LogP contribution in [0, 0.1) is 0 Å². The number of β-lactam (4-membered cyclic amide) rings is 1. The summed E-state index contributed by atoms with van der Waals surface area (Å²) >= 11 is 2.51. The lowest BCUT2D eigenvalue weighted by molar-refractivity contribution is -0.933. The molecule has 0 aromatic carbocycles. The van der Waals surface area contributed by atoms with E-state index in [1.165, 1.54) is 23.8 Å². The quantitative estimate of drug-likeness (QED) is 0.147. The third kappa shape index (κ3) is 5.37. The Labute approximate surface area is 222 Å². The average Bonchev–Trinajstić information content (AvgIpc) is 3.30.